The smallest absolute Gasteiger partial charge is 0.142 e. The number of carbonyl (C=O) groups is 2. The molecule has 0 N–H and O–H groups in total. The van der Waals surface area contributed by atoms with Crippen LogP contribution in [0.4, 0.5) is 0 Å². The monoisotopic (exact) mass is 664 g/mol. The SMILES string of the molecule is CCCCC(CC)Cn1c2ccc(/C=C/C=O)cc2c2cc(-c3ccc4c(c3)c3cc(/C=C/C=O)ccc3n4CC(CC)CCCC)ccc21. The Morgan fingerprint density at radius 1 is 0.520 bits per heavy atom. The second-order valence-corrected chi connectivity index (χ2v) is 14.1. The summed E-state index contributed by atoms with van der Waals surface area (Å²) < 4.78 is 5.05. The summed E-state index contributed by atoms with van der Waals surface area (Å²) in [4.78, 5) is 22.3. The molecular weight excluding hydrogens is 613 g/mol. The molecule has 4 nitrogen and oxygen atoms in total. The van der Waals surface area contributed by atoms with E-state index in [4.69, 9.17) is 0 Å². The van der Waals surface area contributed by atoms with E-state index < -0.39 is 0 Å². The molecular formula is C46H52N2O2. The Hall–Kier alpha value is -4.70. The minimum atomic E-state index is 0.628. The van der Waals surface area contributed by atoms with Crippen molar-refractivity contribution in [2.24, 2.45) is 11.8 Å². The molecule has 0 aliphatic rings. The second kappa shape index (κ2) is 16.3. The molecule has 6 aromatic rings. The summed E-state index contributed by atoms with van der Waals surface area (Å²) in [6, 6.07) is 27.1. The number of hydrogen-bond acceptors (Lipinski definition) is 2. The average molecular weight is 665 g/mol. The fraction of sp³-hybridized carbons (Fsp3) is 0.348. The lowest BCUT2D eigenvalue weighted by molar-refractivity contribution is -0.104. The van der Waals surface area contributed by atoms with Gasteiger partial charge in [0.05, 0.1) is 0 Å². The van der Waals surface area contributed by atoms with Crippen LogP contribution in [0.3, 0.4) is 0 Å². The summed E-state index contributed by atoms with van der Waals surface area (Å²) >= 11 is 0. The maximum Gasteiger partial charge on any atom is 0.142 e. The van der Waals surface area contributed by atoms with Crippen LogP contribution < -0.4 is 0 Å². The maximum atomic E-state index is 11.1. The van der Waals surface area contributed by atoms with Crippen molar-refractivity contribution < 1.29 is 9.59 Å². The molecule has 0 aliphatic heterocycles. The van der Waals surface area contributed by atoms with Crippen LogP contribution in [0.2, 0.25) is 0 Å². The van der Waals surface area contributed by atoms with Gasteiger partial charge in [-0.05, 0) is 108 Å². The molecule has 2 aromatic heterocycles. The predicted octanol–water partition coefficient (Wildman–Crippen LogP) is 12.4. The van der Waals surface area contributed by atoms with E-state index in [9.17, 15) is 9.59 Å². The normalized spacial score (nSPS) is 13.4. The minimum Gasteiger partial charge on any atom is -0.340 e. The van der Waals surface area contributed by atoms with E-state index in [2.05, 4.69) is 110 Å². The Balaban J connectivity index is 1.51. The van der Waals surface area contributed by atoms with Crippen molar-refractivity contribution in [1.82, 2.24) is 9.13 Å². The summed E-state index contributed by atoms with van der Waals surface area (Å²) in [5.74, 6) is 1.26. The molecule has 0 saturated carbocycles. The molecule has 0 saturated heterocycles. The van der Waals surface area contributed by atoms with Gasteiger partial charge >= 0.3 is 0 Å². The molecule has 6 rings (SSSR count). The van der Waals surface area contributed by atoms with Crippen LogP contribution in [0.25, 0.3) is 66.9 Å². The van der Waals surface area contributed by atoms with Gasteiger partial charge in [-0.3, -0.25) is 9.59 Å². The molecule has 0 aliphatic carbocycles. The van der Waals surface area contributed by atoms with Gasteiger partial charge in [0.15, 0.2) is 0 Å². The molecule has 258 valence electrons. The number of nitrogens with zero attached hydrogens (tertiary/aromatic N) is 2. The zero-order valence-electron chi connectivity index (χ0n) is 30.3. The zero-order valence-corrected chi connectivity index (χ0v) is 30.3. The Morgan fingerprint density at radius 2 is 0.900 bits per heavy atom. The molecule has 50 heavy (non-hydrogen) atoms. The highest BCUT2D eigenvalue weighted by molar-refractivity contribution is 6.12. The Bertz CT molecular complexity index is 2020. The van der Waals surface area contributed by atoms with Gasteiger partial charge in [-0.2, -0.15) is 0 Å². The predicted molar refractivity (Wildman–Crippen MR) is 215 cm³/mol. The molecule has 0 radical (unpaired) electrons. The molecule has 4 aromatic carbocycles. The van der Waals surface area contributed by atoms with Crippen LogP contribution in [0.1, 0.15) is 90.2 Å². The van der Waals surface area contributed by atoms with Gasteiger partial charge in [0.1, 0.15) is 12.6 Å². The highest BCUT2D eigenvalue weighted by Crippen LogP contribution is 2.38. The maximum absolute atomic E-state index is 11.1. The van der Waals surface area contributed by atoms with Gasteiger partial charge in [0.2, 0.25) is 0 Å². The molecule has 2 atom stereocenters. The third kappa shape index (κ3) is 7.26. The lowest BCUT2D eigenvalue weighted by atomic mass is 9.99. The van der Waals surface area contributed by atoms with Crippen LogP contribution >= 0.6 is 0 Å². The molecule has 0 spiro atoms. The van der Waals surface area contributed by atoms with E-state index in [0.29, 0.717) is 11.8 Å². The first-order valence-corrected chi connectivity index (χ1v) is 18.9. The number of fused-ring (bicyclic) bond motifs is 6. The van der Waals surface area contributed by atoms with Crippen molar-refractivity contribution >= 4 is 68.3 Å². The van der Waals surface area contributed by atoms with E-state index in [1.807, 2.05) is 12.2 Å². The summed E-state index contributed by atoms with van der Waals surface area (Å²) in [7, 11) is 0. The first kappa shape index (κ1) is 35.1. The van der Waals surface area contributed by atoms with Crippen molar-refractivity contribution in [1.29, 1.82) is 0 Å². The summed E-state index contributed by atoms with van der Waals surface area (Å²) in [5, 5.41) is 4.94. The van der Waals surface area contributed by atoms with Crippen molar-refractivity contribution in [2.75, 3.05) is 0 Å². The van der Waals surface area contributed by atoms with Crippen molar-refractivity contribution in [3.63, 3.8) is 0 Å². The zero-order chi connectivity index (χ0) is 35.0. The third-order valence-corrected chi connectivity index (χ3v) is 10.8. The Morgan fingerprint density at radius 3 is 1.26 bits per heavy atom. The van der Waals surface area contributed by atoms with E-state index in [-0.39, 0.29) is 0 Å². The molecule has 0 amide bonds. The van der Waals surface area contributed by atoms with Gasteiger partial charge in [-0.1, -0.05) is 103 Å². The van der Waals surface area contributed by atoms with E-state index in [0.717, 1.165) is 49.6 Å². The number of carbonyl (C=O) groups excluding carboxylic acids is 2. The lowest BCUT2D eigenvalue weighted by Gasteiger charge is -2.18. The van der Waals surface area contributed by atoms with Gasteiger partial charge < -0.3 is 9.13 Å². The van der Waals surface area contributed by atoms with Crippen molar-refractivity contribution in [3.05, 3.63) is 96.1 Å². The van der Waals surface area contributed by atoms with Crippen LogP contribution in [0, 0.1) is 11.8 Å². The summed E-state index contributed by atoms with van der Waals surface area (Å²) in [6.07, 6.45) is 18.4. The molecule has 0 fully saturated rings. The van der Waals surface area contributed by atoms with Crippen LogP contribution in [0.15, 0.2) is 84.9 Å². The number of unbranched alkanes of at least 4 members (excludes halogenated alkanes) is 2. The molecule has 4 heteroatoms. The quantitative estimate of drug-likeness (QED) is 0.0719. The van der Waals surface area contributed by atoms with Crippen LogP contribution in [0.5, 0.6) is 0 Å². The third-order valence-electron chi connectivity index (χ3n) is 10.8. The molecule has 2 unspecified atom stereocenters. The summed E-state index contributed by atoms with van der Waals surface area (Å²) in [5.41, 5.74) is 9.47. The fourth-order valence-electron chi connectivity index (χ4n) is 7.85. The first-order valence-electron chi connectivity index (χ1n) is 18.9. The summed E-state index contributed by atoms with van der Waals surface area (Å²) in [6.45, 7) is 11.2. The number of aldehydes is 2. The van der Waals surface area contributed by atoms with E-state index >= 15 is 0 Å². The second-order valence-electron chi connectivity index (χ2n) is 14.1. The van der Waals surface area contributed by atoms with Gasteiger partial charge in [-0.15, -0.1) is 0 Å². The Kier molecular flexibility index (Phi) is 11.5. The number of benzene rings is 4. The lowest BCUT2D eigenvalue weighted by Crippen LogP contribution is -2.10. The van der Waals surface area contributed by atoms with Gasteiger partial charge in [-0.25, -0.2) is 0 Å². The van der Waals surface area contributed by atoms with Crippen LogP contribution in [-0.4, -0.2) is 21.7 Å². The number of aromatic nitrogens is 2. The van der Waals surface area contributed by atoms with Crippen molar-refractivity contribution in [3.8, 4) is 11.1 Å². The van der Waals surface area contributed by atoms with E-state index in [1.165, 1.54) is 93.3 Å². The number of rotatable bonds is 17. The molecule has 2 heterocycles. The average Bonchev–Trinajstić information content (AvgIpc) is 3.63. The highest BCUT2D eigenvalue weighted by Gasteiger charge is 2.18. The topological polar surface area (TPSA) is 44.0 Å². The van der Waals surface area contributed by atoms with Gasteiger partial charge in [0, 0.05) is 56.7 Å². The highest BCUT2D eigenvalue weighted by atomic mass is 16.1. The minimum absolute atomic E-state index is 0.628. The fourth-order valence-corrected chi connectivity index (χ4v) is 7.85. The van der Waals surface area contributed by atoms with Gasteiger partial charge in [0.25, 0.3) is 0 Å². The van der Waals surface area contributed by atoms with Crippen LogP contribution in [-0.2, 0) is 22.7 Å². The van der Waals surface area contributed by atoms with Crippen molar-refractivity contribution in [2.45, 2.75) is 92.2 Å². The largest absolute Gasteiger partial charge is 0.340 e. The Labute approximate surface area is 297 Å². The molecule has 0 bridgehead atoms. The standard InChI is InChI=1S/C46H52N2O2/c1-5-9-13-33(7-3)31-47-43-21-17-35(15-11-25-49)27-39(43)41-29-37(19-23-45(41)47)38-20-24-46-42(30-38)40-28-36(16-12-26-50)18-22-44(40)48(46)32-34(8-4)14-10-6-2/h11-12,15-30,33-34H,5-10,13-14,31-32H2,1-4H3/b15-11+,16-12+. The number of allylic oxidation sites excluding steroid dienone is 2. The first-order chi connectivity index (χ1) is 24.5. The van der Waals surface area contributed by atoms with E-state index in [1.54, 1.807) is 12.2 Å². The number of hydrogen-bond donors (Lipinski definition) is 0.